The Morgan fingerprint density at radius 3 is 0.897 bits per heavy atom. The van der Waals surface area contributed by atoms with Crippen molar-refractivity contribution in [3.05, 3.63) is 84.4 Å². The second-order valence-corrected chi connectivity index (χ2v) is 4.82. The Hall–Kier alpha value is -2.34. The van der Waals surface area contributed by atoms with Gasteiger partial charge in [-0.15, -0.1) is 0 Å². The Kier molecular flexibility index (Phi) is 25.6. The van der Waals surface area contributed by atoms with E-state index in [0.717, 1.165) is 0 Å². The monoisotopic (exact) mass is 394 g/mol. The van der Waals surface area contributed by atoms with Gasteiger partial charge in [0, 0.05) is 0 Å². The zero-order valence-corrected chi connectivity index (χ0v) is 21.0. The Bertz CT molecular complexity index is 609. The van der Waals surface area contributed by atoms with Crippen LogP contribution in [0.15, 0.2) is 78.9 Å². The molecular formula is C29H46. The summed E-state index contributed by atoms with van der Waals surface area (Å²) in [4.78, 5) is 0. The van der Waals surface area contributed by atoms with Crippen LogP contribution in [0.3, 0.4) is 0 Å². The fourth-order valence-electron chi connectivity index (χ4n) is 2.38. The summed E-state index contributed by atoms with van der Waals surface area (Å²) < 4.78 is 0. The Balaban J connectivity index is -0.000000594. The predicted octanol–water partition coefficient (Wildman–Crippen LogP) is 10.5. The van der Waals surface area contributed by atoms with Crippen molar-refractivity contribution >= 4 is 0 Å². The summed E-state index contributed by atoms with van der Waals surface area (Å²) in [6, 6.07) is 27.8. The minimum atomic E-state index is 1.27. The van der Waals surface area contributed by atoms with Gasteiger partial charge in [-0.3, -0.25) is 0 Å². The second-order valence-electron chi connectivity index (χ2n) is 4.82. The van der Waals surface area contributed by atoms with Gasteiger partial charge in [0.2, 0.25) is 0 Å². The molecule has 0 aliphatic heterocycles. The molecule has 0 saturated carbocycles. The number of hydrogen-bond acceptors (Lipinski definition) is 0. The molecule has 162 valence electrons. The van der Waals surface area contributed by atoms with E-state index in [1.165, 1.54) is 27.8 Å². The molecule has 29 heavy (non-hydrogen) atoms. The quantitative estimate of drug-likeness (QED) is 0.405. The Labute approximate surface area is 183 Å². The lowest BCUT2D eigenvalue weighted by Crippen LogP contribution is -1.84. The fraction of sp³-hybridized carbons (Fsp3) is 0.379. The molecule has 0 unspecified atom stereocenters. The minimum Gasteiger partial charge on any atom is -0.0683 e. The van der Waals surface area contributed by atoms with E-state index in [1.807, 2.05) is 69.2 Å². The van der Waals surface area contributed by atoms with E-state index in [2.05, 4.69) is 85.8 Å². The first-order valence-corrected chi connectivity index (χ1v) is 11.6. The maximum absolute atomic E-state index is 2.26. The van der Waals surface area contributed by atoms with E-state index >= 15 is 0 Å². The topological polar surface area (TPSA) is 0 Å². The molecule has 0 N–H and O–H groups in total. The molecule has 0 nitrogen and oxygen atoms in total. The van der Waals surface area contributed by atoms with E-state index in [0.29, 0.717) is 0 Å². The summed E-state index contributed by atoms with van der Waals surface area (Å²) in [5.41, 5.74) is 6.38. The van der Waals surface area contributed by atoms with Crippen molar-refractivity contribution in [3.63, 3.8) is 0 Å². The molecule has 3 aromatic rings. The first kappa shape index (κ1) is 31.4. The molecule has 0 aliphatic rings. The molecule has 0 heteroatoms. The van der Waals surface area contributed by atoms with Crippen LogP contribution in [0.1, 0.15) is 74.8 Å². The van der Waals surface area contributed by atoms with Crippen molar-refractivity contribution in [1.29, 1.82) is 0 Å². The highest BCUT2D eigenvalue weighted by Gasteiger charge is 2.02. The van der Waals surface area contributed by atoms with E-state index < -0.39 is 0 Å². The van der Waals surface area contributed by atoms with Gasteiger partial charge in [0.05, 0.1) is 0 Å². The Morgan fingerprint density at radius 2 is 0.621 bits per heavy atom. The summed E-state index contributed by atoms with van der Waals surface area (Å²) >= 11 is 0. The van der Waals surface area contributed by atoms with Crippen molar-refractivity contribution < 1.29 is 0 Å². The third-order valence-corrected chi connectivity index (χ3v) is 3.29. The largest absolute Gasteiger partial charge is 0.0683 e. The molecule has 0 fully saturated rings. The molecule has 0 amide bonds. The standard InChI is InChI=1S/C19H16.5C2H6/c1-15-12-18(16-8-4-2-5-9-16)14-19(13-15)17-10-6-3-7-11-17;5*1-2/h2-14H,1H3;5*1-2H3. The molecule has 3 aromatic carbocycles. The van der Waals surface area contributed by atoms with E-state index in [4.69, 9.17) is 0 Å². The molecule has 0 aromatic heterocycles. The molecule has 0 bridgehead atoms. The summed E-state index contributed by atoms with van der Waals surface area (Å²) in [7, 11) is 0. The molecule has 0 atom stereocenters. The highest BCUT2D eigenvalue weighted by molar-refractivity contribution is 5.74. The Morgan fingerprint density at radius 1 is 0.345 bits per heavy atom. The minimum absolute atomic E-state index is 1.27. The summed E-state index contributed by atoms with van der Waals surface area (Å²) in [5, 5.41) is 0. The first-order chi connectivity index (χ1) is 14.3. The van der Waals surface area contributed by atoms with E-state index in [1.54, 1.807) is 0 Å². The molecule has 0 heterocycles. The van der Waals surface area contributed by atoms with Gasteiger partial charge in [-0.05, 0) is 40.8 Å². The molecule has 3 rings (SSSR count). The van der Waals surface area contributed by atoms with Crippen molar-refractivity contribution in [3.8, 4) is 22.3 Å². The third kappa shape index (κ3) is 12.7. The van der Waals surface area contributed by atoms with Gasteiger partial charge < -0.3 is 0 Å². The first-order valence-electron chi connectivity index (χ1n) is 11.6. The lowest BCUT2D eigenvalue weighted by Gasteiger charge is -2.08. The van der Waals surface area contributed by atoms with E-state index in [9.17, 15) is 0 Å². The summed E-state index contributed by atoms with van der Waals surface area (Å²) in [5.74, 6) is 0. The highest BCUT2D eigenvalue weighted by Crippen LogP contribution is 2.27. The average Bonchev–Trinajstić information content (AvgIpc) is 2.86. The van der Waals surface area contributed by atoms with Gasteiger partial charge >= 0.3 is 0 Å². The normalized spacial score (nSPS) is 7.83. The SMILES string of the molecule is CC.CC.CC.CC.CC.Cc1cc(-c2ccccc2)cc(-c2ccccc2)c1. The van der Waals surface area contributed by atoms with Crippen molar-refractivity contribution in [2.75, 3.05) is 0 Å². The van der Waals surface area contributed by atoms with Crippen molar-refractivity contribution in [2.45, 2.75) is 76.2 Å². The van der Waals surface area contributed by atoms with Crippen molar-refractivity contribution in [2.24, 2.45) is 0 Å². The molecule has 0 spiro atoms. The van der Waals surface area contributed by atoms with Crippen LogP contribution in [0.25, 0.3) is 22.3 Å². The average molecular weight is 395 g/mol. The number of benzene rings is 3. The summed E-state index contributed by atoms with van der Waals surface area (Å²) in [6.45, 7) is 22.2. The number of hydrogen-bond donors (Lipinski definition) is 0. The van der Waals surface area contributed by atoms with Crippen LogP contribution in [0.5, 0.6) is 0 Å². The van der Waals surface area contributed by atoms with Crippen LogP contribution >= 0.6 is 0 Å². The van der Waals surface area contributed by atoms with Crippen LogP contribution in [-0.2, 0) is 0 Å². The summed E-state index contributed by atoms with van der Waals surface area (Å²) in [6.07, 6.45) is 0. The zero-order valence-electron chi connectivity index (χ0n) is 21.0. The van der Waals surface area contributed by atoms with Gasteiger partial charge in [-0.1, -0.05) is 142 Å². The maximum atomic E-state index is 2.26. The smallest absolute Gasteiger partial charge is 0.0175 e. The number of aryl methyl sites for hydroxylation is 1. The van der Waals surface area contributed by atoms with Crippen LogP contribution in [0, 0.1) is 6.92 Å². The lowest BCUT2D eigenvalue weighted by atomic mass is 9.97. The van der Waals surface area contributed by atoms with Gasteiger partial charge in [0.25, 0.3) is 0 Å². The van der Waals surface area contributed by atoms with Crippen LogP contribution in [0.2, 0.25) is 0 Å². The van der Waals surface area contributed by atoms with Crippen LogP contribution < -0.4 is 0 Å². The van der Waals surface area contributed by atoms with Gasteiger partial charge in [0.15, 0.2) is 0 Å². The number of rotatable bonds is 2. The molecular weight excluding hydrogens is 348 g/mol. The predicted molar refractivity (Wildman–Crippen MR) is 139 cm³/mol. The van der Waals surface area contributed by atoms with Gasteiger partial charge in [-0.2, -0.15) is 0 Å². The maximum Gasteiger partial charge on any atom is -0.0175 e. The third-order valence-electron chi connectivity index (χ3n) is 3.29. The lowest BCUT2D eigenvalue weighted by molar-refractivity contribution is 1.46. The van der Waals surface area contributed by atoms with Crippen LogP contribution in [0.4, 0.5) is 0 Å². The van der Waals surface area contributed by atoms with Gasteiger partial charge in [0.1, 0.15) is 0 Å². The molecule has 0 radical (unpaired) electrons. The van der Waals surface area contributed by atoms with Crippen molar-refractivity contribution in [1.82, 2.24) is 0 Å². The zero-order chi connectivity index (χ0) is 23.1. The highest BCUT2D eigenvalue weighted by atomic mass is 14.1. The second kappa shape index (κ2) is 23.7. The fourth-order valence-corrected chi connectivity index (χ4v) is 2.38. The van der Waals surface area contributed by atoms with E-state index in [-0.39, 0.29) is 0 Å². The van der Waals surface area contributed by atoms with Crippen LogP contribution in [-0.4, -0.2) is 0 Å². The molecule has 0 saturated heterocycles. The molecule has 0 aliphatic carbocycles. The van der Waals surface area contributed by atoms with Gasteiger partial charge in [-0.25, -0.2) is 0 Å².